The molecule has 11 heteroatoms. The van der Waals surface area contributed by atoms with E-state index in [1.807, 2.05) is 18.2 Å². The Labute approximate surface area is 277 Å². The molecule has 4 aliphatic heterocycles. The molecule has 4 atom stereocenters. The zero-order valence-electron chi connectivity index (χ0n) is 27.8. The average molecular weight is 660 g/mol. The first-order valence-electron chi connectivity index (χ1n) is 17.2. The number of nitrogens with zero attached hydrogens (tertiary/aromatic N) is 4. The molecule has 2 aliphatic carbocycles. The SMILES string of the molecule is CCN1CC2CC(C1)N2C(=O)[C@]12C[C@H]1c1cc(OC)ccc1-c1c(C3CCCCC3)c3ccc(C(=O)NS(=O)(=O)N(C)C)cc3n1C2. The molecule has 1 aromatic heterocycles. The number of aromatic nitrogens is 1. The number of amides is 2. The fourth-order valence-electron chi connectivity index (χ4n) is 9.23. The van der Waals surface area contributed by atoms with E-state index in [0.717, 1.165) is 77.5 Å². The molecule has 2 bridgehead atoms. The number of nitrogens with one attached hydrogen (secondary N) is 1. The summed E-state index contributed by atoms with van der Waals surface area (Å²) >= 11 is 0. The van der Waals surface area contributed by atoms with Crippen LogP contribution >= 0.6 is 0 Å². The van der Waals surface area contributed by atoms with Crippen LogP contribution in [0, 0.1) is 5.41 Å². The van der Waals surface area contributed by atoms with Crippen LogP contribution in [0.5, 0.6) is 5.75 Å². The third-order valence-corrected chi connectivity index (χ3v) is 13.3. The van der Waals surface area contributed by atoms with E-state index in [2.05, 4.69) is 38.1 Å². The summed E-state index contributed by atoms with van der Waals surface area (Å²) in [6, 6.07) is 12.4. The third-order valence-electron chi connectivity index (χ3n) is 11.9. The number of hydrogen-bond donors (Lipinski definition) is 1. The van der Waals surface area contributed by atoms with Crippen molar-refractivity contribution in [1.29, 1.82) is 0 Å². The van der Waals surface area contributed by atoms with Crippen molar-refractivity contribution in [3.8, 4) is 17.0 Å². The van der Waals surface area contributed by atoms with Gasteiger partial charge in [0.1, 0.15) is 5.75 Å². The van der Waals surface area contributed by atoms with Gasteiger partial charge in [0.15, 0.2) is 0 Å². The first-order chi connectivity index (χ1) is 22.6. The van der Waals surface area contributed by atoms with Crippen molar-refractivity contribution in [2.75, 3.05) is 40.8 Å². The van der Waals surface area contributed by atoms with E-state index >= 15 is 0 Å². The van der Waals surface area contributed by atoms with E-state index in [1.54, 1.807) is 13.2 Å². The van der Waals surface area contributed by atoms with Gasteiger partial charge < -0.3 is 14.2 Å². The molecule has 0 radical (unpaired) electrons. The first-order valence-corrected chi connectivity index (χ1v) is 18.6. The van der Waals surface area contributed by atoms with Crippen LogP contribution in [0.15, 0.2) is 36.4 Å². The minimum atomic E-state index is -3.96. The van der Waals surface area contributed by atoms with Gasteiger partial charge in [0.05, 0.1) is 18.2 Å². The van der Waals surface area contributed by atoms with Gasteiger partial charge in [-0.2, -0.15) is 12.7 Å². The van der Waals surface area contributed by atoms with E-state index in [0.29, 0.717) is 12.5 Å². The maximum absolute atomic E-state index is 14.8. The molecule has 3 saturated heterocycles. The van der Waals surface area contributed by atoms with Crippen LogP contribution < -0.4 is 9.46 Å². The van der Waals surface area contributed by atoms with Gasteiger partial charge in [-0.15, -0.1) is 0 Å². The smallest absolute Gasteiger partial charge is 0.303 e. The van der Waals surface area contributed by atoms with Crippen molar-refractivity contribution in [2.45, 2.75) is 82.3 Å². The highest BCUT2D eigenvalue weighted by Gasteiger charge is 2.66. The minimum Gasteiger partial charge on any atom is -0.497 e. The summed E-state index contributed by atoms with van der Waals surface area (Å²) in [5, 5.41) is 1.08. The molecule has 6 aliphatic rings. The second kappa shape index (κ2) is 11.1. The van der Waals surface area contributed by atoms with Gasteiger partial charge >= 0.3 is 10.2 Å². The molecule has 2 saturated carbocycles. The van der Waals surface area contributed by atoms with Crippen molar-refractivity contribution < 1.29 is 22.7 Å². The van der Waals surface area contributed by atoms with Crippen molar-refractivity contribution >= 4 is 32.9 Å². The molecule has 10 nitrogen and oxygen atoms in total. The van der Waals surface area contributed by atoms with Crippen LogP contribution in [0.1, 0.15) is 85.2 Å². The summed E-state index contributed by atoms with van der Waals surface area (Å²) in [6.07, 6.45) is 7.62. The normalized spacial score (nSPS) is 27.0. The summed E-state index contributed by atoms with van der Waals surface area (Å²) in [4.78, 5) is 32.9. The lowest BCUT2D eigenvalue weighted by Crippen LogP contribution is -2.71. The van der Waals surface area contributed by atoms with Gasteiger partial charge in [0, 0.05) is 73.8 Å². The molecular formula is C36H45N5O5S. The average Bonchev–Trinajstić information content (AvgIpc) is 3.74. The second-order valence-corrected chi connectivity index (χ2v) is 16.5. The number of rotatable bonds is 7. The van der Waals surface area contributed by atoms with Gasteiger partial charge in [0.25, 0.3) is 5.91 Å². The van der Waals surface area contributed by atoms with Crippen molar-refractivity contribution in [1.82, 2.24) is 23.4 Å². The summed E-state index contributed by atoms with van der Waals surface area (Å²) in [7, 11) is 0.515. The van der Waals surface area contributed by atoms with Crippen molar-refractivity contribution in [3.05, 3.63) is 53.1 Å². The second-order valence-electron chi connectivity index (χ2n) is 14.6. The molecule has 1 N–H and O–H groups in total. The van der Waals surface area contributed by atoms with Crippen molar-refractivity contribution in [2.24, 2.45) is 5.41 Å². The molecule has 2 amide bonds. The van der Waals surface area contributed by atoms with E-state index in [4.69, 9.17) is 4.74 Å². The number of piperidine rings is 1. The van der Waals surface area contributed by atoms with Crippen LogP contribution in [0.25, 0.3) is 22.2 Å². The molecule has 5 fully saturated rings. The molecule has 9 rings (SSSR count). The highest BCUT2D eigenvalue weighted by Crippen LogP contribution is 2.67. The summed E-state index contributed by atoms with van der Waals surface area (Å²) in [5.74, 6) is 0.823. The number of carbonyl (C=O) groups excluding carboxylic acids is 2. The molecule has 2 aromatic carbocycles. The number of carbonyl (C=O) groups is 2. The number of hydrogen-bond acceptors (Lipinski definition) is 6. The van der Waals surface area contributed by atoms with Crippen LogP contribution in [-0.2, 0) is 21.5 Å². The zero-order chi connectivity index (χ0) is 32.8. The molecule has 250 valence electrons. The van der Waals surface area contributed by atoms with Crippen LogP contribution in [0.4, 0.5) is 0 Å². The van der Waals surface area contributed by atoms with Crippen LogP contribution in [-0.4, -0.2) is 91.8 Å². The largest absolute Gasteiger partial charge is 0.497 e. The highest BCUT2D eigenvalue weighted by molar-refractivity contribution is 7.87. The maximum atomic E-state index is 14.8. The monoisotopic (exact) mass is 659 g/mol. The molecule has 47 heavy (non-hydrogen) atoms. The Balaban J connectivity index is 1.30. The first kappa shape index (κ1) is 30.9. The van der Waals surface area contributed by atoms with Gasteiger partial charge in [-0.1, -0.05) is 32.3 Å². The molecule has 5 heterocycles. The Hall–Kier alpha value is -3.41. The van der Waals surface area contributed by atoms with Crippen molar-refractivity contribution in [3.63, 3.8) is 0 Å². The number of likely N-dealkylation sites (N-methyl/N-ethyl adjacent to an activating group) is 1. The summed E-state index contributed by atoms with van der Waals surface area (Å²) in [5.41, 5.74) is 5.33. The molecule has 3 aromatic rings. The van der Waals surface area contributed by atoms with Gasteiger partial charge in [0.2, 0.25) is 5.91 Å². The standard InChI is InChI=1S/C36H45N5O5S/c1-5-39-19-24-16-25(20-39)41(24)35(43)36-18-30(36)29-17-26(46-4)12-14-27(29)33-32(22-9-7-6-8-10-22)28-13-11-23(15-31(28)40(33)21-36)34(42)37-47(44,45)38(2)3/h11-15,17,22,24-25,30H,5-10,16,18-21H2,1-4H3,(H,37,42)/t24?,25?,30-,36-/m0/s1. The topological polar surface area (TPSA) is 104 Å². The highest BCUT2D eigenvalue weighted by atomic mass is 32.2. The number of piperazine rings is 1. The molecule has 2 unspecified atom stereocenters. The van der Waals surface area contributed by atoms with E-state index < -0.39 is 21.5 Å². The van der Waals surface area contributed by atoms with E-state index in [9.17, 15) is 18.0 Å². The fourth-order valence-corrected chi connectivity index (χ4v) is 9.77. The molecular weight excluding hydrogens is 614 g/mol. The Morgan fingerprint density at radius 1 is 1.04 bits per heavy atom. The Kier molecular flexibility index (Phi) is 7.27. The van der Waals surface area contributed by atoms with Gasteiger partial charge in [-0.05, 0) is 79.6 Å². The number of ether oxygens (including phenoxy) is 1. The van der Waals surface area contributed by atoms with E-state index in [1.165, 1.54) is 44.5 Å². The van der Waals surface area contributed by atoms with E-state index in [-0.39, 0.29) is 29.5 Å². The number of methoxy groups -OCH3 is 1. The maximum Gasteiger partial charge on any atom is 0.303 e. The number of fused-ring (bicyclic) bond motifs is 9. The zero-order valence-corrected chi connectivity index (χ0v) is 28.6. The Bertz CT molecular complexity index is 1880. The van der Waals surface area contributed by atoms with Gasteiger partial charge in [-0.3, -0.25) is 14.5 Å². The fraction of sp³-hybridized carbons (Fsp3) is 0.556. The predicted molar refractivity (Wildman–Crippen MR) is 181 cm³/mol. The quantitative estimate of drug-likeness (QED) is 0.395. The Morgan fingerprint density at radius 2 is 1.79 bits per heavy atom. The summed E-state index contributed by atoms with van der Waals surface area (Å²) < 4.78 is 36.4. The lowest BCUT2D eigenvalue weighted by Gasteiger charge is -2.57. The van der Waals surface area contributed by atoms with Crippen LogP contribution in [0.3, 0.4) is 0 Å². The van der Waals surface area contributed by atoms with Gasteiger partial charge in [-0.25, -0.2) is 4.72 Å². The summed E-state index contributed by atoms with van der Waals surface area (Å²) in [6.45, 7) is 5.59. The third kappa shape index (κ3) is 4.75. The van der Waals surface area contributed by atoms with Crippen LogP contribution in [0.2, 0.25) is 0 Å². The Morgan fingerprint density at radius 3 is 2.47 bits per heavy atom. The predicted octanol–water partition coefficient (Wildman–Crippen LogP) is 4.69. The lowest BCUT2D eigenvalue weighted by atomic mass is 9.81. The molecule has 0 spiro atoms. The lowest BCUT2D eigenvalue weighted by molar-refractivity contribution is -0.160. The minimum absolute atomic E-state index is 0.0783. The number of benzene rings is 2.